The molecule has 0 heterocycles. The third-order valence-corrected chi connectivity index (χ3v) is 2.59. The van der Waals surface area contributed by atoms with Crippen molar-refractivity contribution in [3.05, 3.63) is 54.3 Å². The fourth-order valence-corrected chi connectivity index (χ4v) is 1.61. The van der Waals surface area contributed by atoms with Crippen LogP contribution >= 0.6 is 0 Å². The molecule has 2 aromatic carbocycles. The highest BCUT2D eigenvalue weighted by Crippen LogP contribution is 2.13. The summed E-state index contributed by atoms with van der Waals surface area (Å²) in [6, 6.07) is 12.7. The first-order chi connectivity index (χ1) is 9.63. The van der Waals surface area contributed by atoms with Gasteiger partial charge in [0.05, 0.1) is 13.0 Å². The zero-order chi connectivity index (χ0) is 14.4. The number of nitrogen functional groups attached to an aromatic ring is 1. The Bertz CT molecular complexity index is 585. The second kappa shape index (κ2) is 6.56. The molecule has 0 aliphatic carbocycles. The van der Waals surface area contributed by atoms with Crippen molar-refractivity contribution in [2.75, 3.05) is 17.7 Å². The van der Waals surface area contributed by atoms with E-state index in [0.717, 1.165) is 0 Å². The summed E-state index contributed by atoms with van der Waals surface area (Å²) < 4.78 is 18.2. The monoisotopic (exact) mass is 274 g/mol. The Morgan fingerprint density at radius 3 is 2.65 bits per heavy atom. The van der Waals surface area contributed by atoms with Gasteiger partial charge in [-0.15, -0.1) is 0 Å². The Kier molecular flexibility index (Phi) is 4.55. The summed E-state index contributed by atoms with van der Waals surface area (Å²) in [6.45, 7) is 0.185. The minimum Gasteiger partial charge on any atom is -0.493 e. The Balaban J connectivity index is 1.76. The lowest BCUT2D eigenvalue weighted by Gasteiger charge is -2.07. The van der Waals surface area contributed by atoms with Crippen molar-refractivity contribution in [2.45, 2.75) is 6.42 Å². The molecule has 5 heteroatoms. The van der Waals surface area contributed by atoms with Gasteiger partial charge < -0.3 is 15.8 Å². The van der Waals surface area contributed by atoms with Crippen molar-refractivity contribution in [1.29, 1.82) is 0 Å². The van der Waals surface area contributed by atoms with Crippen LogP contribution in [0.2, 0.25) is 0 Å². The molecule has 0 aliphatic rings. The number of carbonyl (C=O) groups is 1. The minimum atomic E-state index is -0.367. The molecule has 2 rings (SSSR count). The van der Waals surface area contributed by atoms with Gasteiger partial charge in [-0.2, -0.15) is 0 Å². The summed E-state index contributed by atoms with van der Waals surface area (Å²) >= 11 is 0. The van der Waals surface area contributed by atoms with Crippen molar-refractivity contribution in [3.8, 4) is 5.75 Å². The SMILES string of the molecule is Nc1ccc(NC(=O)CCOc2cccc(F)c2)cc1. The van der Waals surface area contributed by atoms with Crippen LogP contribution < -0.4 is 15.8 Å². The van der Waals surface area contributed by atoms with E-state index >= 15 is 0 Å². The van der Waals surface area contributed by atoms with Gasteiger partial charge in [-0.25, -0.2) is 4.39 Å². The van der Waals surface area contributed by atoms with Gasteiger partial charge in [0.25, 0.3) is 0 Å². The number of ether oxygens (including phenoxy) is 1. The van der Waals surface area contributed by atoms with Gasteiger partial charge >= 0.3 is 0 Å². The van der Waals surface area contributed by atoms with Crippen molar-refractivity contribution in [3.63, 3.8) is 0 Å². The van der Waals surface area contributed by atoms with E-state index < -0.39 is 0 Å². The molecule has 4 nitrogen and oxygen atoms in total. The van der Waals surface area contributed by atoms with Crippen LogP contribution in [-0.2, 0) is 4.79 Å². The Morgan fingerprint density at radius 1 is 1.20 bits per heavy atom. The lowest BCUT2D eigenvalue weighted by molar-refractivity contribution is -0.116. The molecule has 0 atom stereocenters. The molecule has 0 bridgehead atoms. The number of benzene rings is 2. The van der Waals surface area contributed by atoms with E-state index in [1.54, 1.807) is 36.4 Å². The summed E-state index contributed by atoms with van der Waals surface area (Å²) in [5.41, 5.74) is 6.86. The average molecular weight is 274 g/mol. The lowest BCUT2D eigenvalue weighted by Crippen LogP contribution is -2.15. The molecule has 20 heavy (non-hydrogen) atoms. The Hall–Kier alpha value is -2.56. The summed E-state index contributed by atoms with van der Waals surface area (Å²) in [6.07, 6.45) is 0.181. The van der Waals surface area contributed by atoms with Crippen LogP contribution in [-0.4, -0.2) is 12.5 Å². The third kappa shape index (κ3) is 4.28. The summed E-state index contributed by atoms with van der Waals surface area (Å²) in [5, 5.41) is 2.72. The highest BCUT2D eigenvalue weighted by molar-refractivity contribution is 5.90. The number of amides is 1. The lowest BCUT2D eigenvalue weighted by atomic mass is 10.3. The van der Waals surface area contributed by atoms with E-state index in [9.17, 15) is 9.18 Å². The molecule has 0 aliphatic heterocycles. The fraction of sp³-hybridized carbons (Fsp3) is 0.133. The van der Waals surface area contributed by atoms with E-state index in [1.807, 2.05) is 0 Å². The molecule has 0 unspecified atom stereocenters. The van der Waals surface area contributed by atoms with Crippen molar-refractivity contribution < 1.29 is 13.9 Å². The van der Waals surface area contributed by atoms with Crippen LogP contribution in [0.1, 0.15) is 6.42 Å². The molecule has 0 saturated heterocycles. The number of anilines is 2. The van der Waals surface area contributed by atoms with Gasteiger partial charge in [-0.3, -0.25) is 4.79 Å². The van der Waals surface area contributed by atoms with Gasteiger partial charge in [-0.1, -0.05) is 6.07 Å². The van der Waals surface area contributed by atoms with Crippen molar-refractivity contribution >= 4 is 17.3 Å². The molecular weight excluding hydrogens is 259 g/mol. The van der Waals surface area contributed by atoms with E-state index in [1.165, 1.54) is 12.1 Å². The van der Waals surface area contributed by atoms with Gasteiger partial charge in [0, 0.05) is 17.4 Å². The number of carbonyl (C=O) groups excluding carboxylic acids is 1. The van der Waals surface area contributed by atoms with Gasteiger partial charge in [0.1, 0.15) is 11.6 Å². The number of nitrogens with one attached hydrogen (secondary N) is 1. The van der Waals surface area contributed by atoms with E-state index in [0.29, 0.717) is 17.1 Å². The summed E-state index contributed by atoms with van der Waals surface area (Å²) in [5.74, 6) is -0.134. The van der Waals surface area contributed by atoms with Crippen molar-refractivity contribution in [1.82, 2.24) is 0 Å². The predicted molar refractivity (Wildman–Crippen MR) is 76.0 cm³/mol. The van der Waals surface area contributed by atoms with Crippen LogP contribution in [0.5, 0.6) is 5.75 Å². The fourth-order valence-electron chi connectivity index (χ4n) is 1.61. The Morgan fingerprint density at radius 2 is 1.95 bits per heavy atom. The highest BCUT2D eigenvalue weighted by Gasteiger charge is 2.03. The summed E-state index contributed by atoms with van der Waals surface area (Å²) in [4.78, 5) is 11.7. The minimum absolute atomic E-state index is 0.175. The van der Waals surface area contributed by atoms with E-state index in [2.05, 4.69) is 5.32 Å². The zero-order valence-electron chi connectivity index (χ0n) is 10.8. The second-order valence-corrected chi connectivity index (χ2v) is 4.23. The Labute approximate surface area is 116 Å². The van der Waals surface area contributed by atoms with Crippen LogP contribution in [0, 0.1) is 5.82 Å². The van der Waals surface area contributed by atoms with Crippen LogP contribution in [0.4, 0.5) is 15.8 Å². The maximum absolute atomic E-state index is 12.9. The van der Waals surface area contributed by atoms with E-state index in [-0.39, 0.29) is 24.8 Å². The molecule has 0 spiro atoms. The molecule has 3 N–H and O–H groups in total. The molecule has 0 saturated carbocycles. The molecule has 2 aromatic rings. The molecule has 0 aromatic heterocycles. The molecule has 1 amide bonds. The maximum Gasteiger partial charge on any atom is 0.227 e. The largest absolute Gasteiger partial charge is 0.493 e. The topological polar surface area (TPSA) is 64.3 Å². The standard InChI is InChI=1S/C15H15FN2O2/c16-11-2-1-3-14(10-11)20-9-8-15(19)18-13-6-4-12(17)5-7-13/h1-7,10H,8-9,17H2,(H,18,19). The van der Waals surface area contributed by atoms with Crippen LogP contribution in [0.15, 0.2) is 48.5 Å². The first-order valence-corrected chi connectivity index (χ1v) is 6.17. The number of hydrogen-bond acceptors (Lipinski definition) is 3. The van der Waals surface area contributed by atoms with Gasteiger partial charge in [-0.05, 0) is 36.4 Å². The van der Waals surface area contributed by atoms with Crippen molar-refractivity contribution in [2.24, 2.45) is 0 Å². The van der Waals surface area contributed by atoms with Gasteiger partial charge in [0.2, 0.25) is 5.91 Å². The zero-order valence-corrected chi connectivity index (χ0v) is 10.8. The van der Waals surface area contributed by atoms with Crippen LogP contribution in [0.3, 0.4) is 0 Å². The molecule has 104 valence electrons. The first-order valence-electron chi connectivity index (χ1n) is 6.17. The smallest absolute Gasteiger partial charge is 0.227 e. The van der Waals surface area contributed by atoms with E-state index in [4.69, 9.17) is 10.5 Å². The van der Waals surface area contributed by atoms with Crippen LogP contribution in [0.25, 0.3) is 0 Å². The maximum atomic E-state index is 12.9. The summed E-state index contributed by atoms with van der Waals surface area (Å²) in [7, 11) is 0. The normalized spacial score (nSPS) is 10.1. The number of rotatable bonds is 5. The number of hydrogen-bond donors (Lipinski definition) is 2. The molecule has 0 fully saturated rings. The molecule has 0 radical (unpaired) electrons. The molecular formula is C15H15FN2O2. The predicted octanol–water partition coefficient (Wildman–Crippen LogP) is 2.82. The quantitative estimate of drug-likeness (QED) is 0.824. The van der Waals surface area contributed by atoms with Gasteiger partial charge in [0.15, 0.2) is 0 Å². The number of halogens is 1. The second-order valence-electron chi connectivity index (χ2n) is 4.23. The third-order valence-electron chi connectivity index (χ3n) is 2.59. The highest BCUT2D eigenvalue weighted by atomic mass is 19.1. The average Bonchev–Trinajstić information content (AvgIpc) is 2.41. The first kappa shape index (κ1) is 13.9. The number of nitrogens with two attached hydrogens (primary N) is 1.